The van der Waals surface area contributed by atoms with Gasteiger partial charge in [0, 0.05) is 12.0 Å². The van der Waals surface area contributed by atoms with Crippen molar-refractivity contribution in [2.24, 2.45) is 11.8 Å². The van der Waals surface area contributed by atoms with E-state index in [0.29, 0.717) is 13.0 Å². The summed E-state index contributed by atoms with van der Waals surface area (Å²) in [7, 11) is 0. The summed E-state index contributed by atoms with van der Waals surface area (Å²) in [4.78, 5) is 22.5. The van der Waals surface area contributed by atoms with Gasteiger partial charge in [0.05, 0.1) is 11.8 Å². The summed E-state index contributed by atoms with van der Waals surface area (Å²) in [5.41, 5.74) is 0.383. The van der Waals surface area contributed by atoms with Crippen LogP contribution in [0.4, 0.5) is 4.39 Å². The number of halogens is 1. The molecule has 1 aliphatic carbocycles. The molecular weight excluding hydrogens is 261 g/mol. The van der Waals surface area contributed by atoms with Crippen LogP contribution in [0.1, 0.15) is 25.8 Å². The van der Waals surface area contributed by atoms with Crippen molar-refractivity contribution in [1.82, 2.24) is 5.32 Å². The van der Waals surface area contributed by atoms with Gasteiger partial charge >= 0.3 is 5.97 Å². The summed E-state index contributed by atoms with van der Waals surface area (Å²) in [5.74, 6) is -2.44. The maximum Gasteiger partial charge on any atom is 0.307 e. The Morgan fingerprint density at radius 3 is 2.65 bits per heavy atom. The van der Waals surface area contributed by atoms with Gasteiger partial charge in [0.2, 0.25) is 5.91 Å². The molecule has 2 N–H and O–H groups in total. The lowest BCUT2D eigenvalue weighted by atomic mass is 9.84. The van der Waals surface area contributed by atoms with Crippen LogP contribution < -0.4 is 5.32 Å². The topological polar surface area (TPSA) is 66.4 Å². The van der Waals surface area contributed by atoms with Gasteiger partial charge < -0.3 is 10.4 Å². The normalized spacial score (nSPS) is 21.4. The van der Waals surface area contributed by atoms with Gasteiger partial charge in [-0.05, 0) is 24.1 Å². The molecule has 20 heavy (non-hydrogen) atoms. The molecule has 5 heteroatoms. The molecule has 1 aromatic carbocycles. The predicted octanol–water partition coefficient (Wildman–Crippen LogP) is 1.94. The lowest BCUT2D eigenvalue weighted by Gasteiger charge is -2.25. The van der Waals surface area contributed by atoms with E-state index in [4.69, 9.17) is 5.11 Å². The highest BCUT2D eigenvalue weighted by molar-refractivity contribution is 5.89. The van der Waals surface area contributed by atoms with Crippen molar-refractivity contribution in [3.63, 3.8) is 0 Å². The number of aliphatic carboxylic acids is 1. The number of hydrogen-bond acceptors (Lipinski definition) is 2. The summed E-state index contributed by atoms with van der Waals surface area (Å²) in [5, 5.41) is 11.6. The molecule has 4 nitrogen and oxygen atoms in total. The molecule has 0 aromatic heterocycles. The second-order valence-electron chi connectivity index (χ2n) is 5.90. The zero-order valence-electron chi connectivity index (χ0n) is 11.5. The van der Waals surface area contributed by atoms with Crippen LogP contribution in [0.15, 0.2) is 24.3 Å². The van der Waals surface area contributed by atoms with Gasteiger partial charge in [-0.1, -0.05) is 26.0 Å². The van der Waals surface area contributed by atoms with Crippen molar-refractivity contribution < 1.29 is 19.1 Å². The molecule has 0 saturated heterocycles. The second kappa shape index (κ2) is 5.23. The maximum atomic E-state index is 13.2. The third-order valence-electron chi connectivity index (χ3n) is 3.76. The van der Waals surface area contributed by atoms with Crippen LogP contribution >= 0.6 is 0 Å². The molecule has 0 spiro atoms. The van der Waals surface area contributed by atoms with Crippen LogP contribution in [-0.4, -0.2) is 23.5 Å². The first kappa shape index (κ1) is 14.5. The number of rotatable bonds is 5. The Morgan fingerprint density at radius 2 is 2.10 bits per heavy atom. The molecule has 108 valence electrons. The number of carboxylic acids is 1. The largest absolute Gasteiger partial charge is 0.481 e. The first-order valence-corrected chi connectivity index (χ1v) is 6.58. The Kier molecular flexibility index (Phi) is 3.79. The standard InChI is InChI=1S/C15H18FNO3/c1-15(2,9-4-3-5-10(16)6-9)8-17-13(18)11-7-12(11)14(19)20/h3-6,11-12H,7-8H2,1-2H3,(H,17,18)(H,19,20). The van der Waals surface area contributed by atoms with Crippen molar-refractivity contribution in [1.29, 1.82) is 0 Å². The summed E-state index contributed by atoms with van der Waals surface area (Å²) in [6, 6.07) is 6.27. The van der Waals surface area contributed by atoms with E-state index in [0.717, 1.165) is 5.56 Å². The Balaban J connectivity index is 1.93. The monoisotopic (exact) mass is 279 g/mol. The molecule has 0 heterocycles. The van der Waals surface area contributed by atoms with Gasteiger partial charge in [0.15, 0.2) is 0 Å². The van der Waals surface area contributed by atoms with E-state index in [1.165, 1.54) is 12.1 Å². The van der Waals surface area contributed by atoms with Crippen LogP contribution in [-0.2, 0) is 15.0 Å². The van der Waals surface area contributed by atoms with Gasteiger partial charge in [0.25, 0.3) is 0 Å². The van der Waals surface area contributed by atoms with Gasteiger partial charge in [-0.25, -0.2) is 4.39 Å². The zero-order chi connectivity index (χ0) is 14.9. The van der Waals surface area contributed by atoms with Crippen LogP contribution in [0.25, 0.3) is 0 Å². The maximum absolute atomic E-state index is 13.2. The minimum absolute atomic E-state index is 0.234. The number of amides is 1. The molecule has 1 aliphatic rings. The van der Waals surface area contributed by atoms with Crippen LogP contribution in [0.2, 0.25) is 0 Å². The van der Waals surface area contributed by atoms with Gasteiger partial charge in [-0.15, -0.1) is 0 Å². The summed E-state index contributed by atoms with van der Waals surface area (Å²) in [6.45, 7) is 4.16. The Morgan fingerprint density at radius 1 is 1.40 bits per heavy atom. The van der Waals surface area contributed by atoms with Gasteiger partial charge in [0.1, 0.15) is 5.82 Å². The predicted molar refractivity (Wildman–Crippen MR) is 71.7 cm³/mol. The molecule has 1 saturated carbocycles. The number of hydrogen-bond donors (Lipinski definition) is 2. The Hall–Kier alpha value is -1.91. The number of carbonyl (C=O) groups is 2. The highest BCUT2D eigenvalue weighted by Gasteiger charge is 2.48. The van der Waals surface area contributed by atoms with Crippen LogP contribution in [0, 0.1) is 17.7 Å². The molecule has 0 aliphatic heterocycles. The quantitative estimate of drug-likeness (QED) is 0.865. The minimum atomic E-state index is -0.922. The summed E-state index contributed by atoms with van der Waals surface area (Å²) in [6.07, 6.45) is 0.404. The molecule has 0 radical (unpaired) electrons. The lowest BCUT2D eigenvalue weighted by molar-refractivity contribution is -0.140. The Labute approximate surface area is 117 Å². The molecule has 2 atom stereocenters. The average molecular weight is 279 g/mol. The molecule has 1 amide bonds. The number of carbonyl (C=O) groups excluding carboxylic acids is 1. The Bertz CT molecular complexity index is 542. The second-order valence-corrected chi connectivity index (χ2v) is 5.90. The summed E-state index contributed by atoms with van der Waals surface area (Å²) < 4.78 is 13.2. The fourth-order valence-electron chi connectivity index (χ4n) is 2.21. The lowest BCUT2D eigenvalue weighted by Crippen LogP contribution is -2.38. The van der Waals surface area contributed by atoms with Gasteiger partial charge in [-0.3, -0.25) is 9.59 Å². The van der Waals surface area contributed by atoms with Crippen molar-refractivity contribution in [2.45, 2.75) is 25.7 Å². The SMILES string of the molecule is CC(C)(CNC(=O)C1CC1C(=O)O)c1cccc(F)c1. The van der Waals surface area contributed by atoms with E-state index in [1.807, 2.05) is 19.9 Å². The number of nitrogens with one attached hydrogen (secondary N) is 1. The average Bonchev–Trinajstić information content (AvgIpc) is 3.16. The first-order chi connectivity index (χ1) is 9.31. The molecule has 1 fully saturated rings. The molecule has 2 rings (SSSR count). The van der Waals surface area contributed by atoms with E-state index in [2.05, 4.69) is 5.32 Å². The smallest absolute Gasteiger partial charge is 0.307 e. The van der Waals surface area contributed by atoms with Crippen molar-refractivity contribution in [3.05, 3.63) is 35.6 Å². The van der Waals surface area contributed by atoms with E-state index in [9.17, 15) is 14.0 Å². The van der Waals surface area contributed by atoms with E-state index >= 15 is 0 Å². The number of carboxylic acid groups (broad SMARTS) is 1. The fraction of sp³-hybridized carbons (Fsp3) is 0.467. The van der Waals surface area contributed by atoms with Crippen molar-refractivity contribution >= 4 is 11.9 Å². The van der Waals surface area contributed by atoms with E-state index < -0.39 is 23.2 Å². The van der Waals surface area contributed by atoms with E-state index in [1.54, 1.807) is 6.07 Å². The summed E-state index contributed by atoms with van der Waals surface area (Å²) >= 11 is 0. The van der Waals surface area contributed by atoms with E-state index in [-0.39, 0.29) is 11.7 Å². The first-order valence-electron chi connectivity index (χ1n) is 6.58. The minimum Gasteiger partial charge on any atom is -0.481 e. The van der Waals surface area contributed by atoms with Crippen molar-refractivity contribution in [2.75, 3.05) is 6.54 Å². The van der Waals surface area contributed by atoms with Gasteiger partial charge in [-0.2, -0.15) is 0 Å². The molecule has 1 aromatic rings. The fourth-order valence-corrected chi connectivity index (χ4v) is 2.21. The third-order valence-corrected chi connectivity index (χ3v) is 3.76. The molecular formula is C15H18FNO3. The van der Waals surface area contributed by atoms with Crippen molar-refractivity contribution in [3.8, 4) is 0 Å². The third kappa shape index (κ3) is 3.15. The zero-order valence-corrected chi connectivity index (χ0v) is 11.5. The molecule has 2 unspecified atom stereocenters. The highest BCUT2D eigenvalue weighted by Crippen LogP contribution is 2.38. The highest BCUT2D eigenvalue weighted by atomic mass is 19.1. The van der Waals surface area contributed by atoms with Crippen LogP contribution in [0.3, 0.4) is 0 Å². The van der Waals surface area contributed by atoms with Crippen LogP contribution in [0.5, 0.6) is 0 Å². The molecule has 0 bridgehead atoms. The number of benzene rings is 1.